The molecule has 2 aromatic rings. The maximum Gasteiger partial charge on any atom is 0.293 e. The average molecular weight is 348 g/mol. The van der Waals surface area contributed by atoms with Gasteiger partial charge in [0.25, 0.3) is 5.24 Å². The van der Waals surface area contributed by atoms with Crippen LogP contribution in [0.2, 0.25) is 5.02 Å². The Hall–Kier alpha value is -1.98. The zero-order valence-corrected chi connectivity index (χ0v) is 13.9. The van der Waals surface area contributed by atoms with Gasteiger partial charge in [0.15, 0.2) is 0 Å². The van der Waals surface area contributed by atoms with Crippen molar-refractivity contribution in [3.63, 3.8) is 0 Å². The van der Waals surface area contributed by atoms with E-state index in [4.69, 9.17) is 16.3 Å². The summed E-state index contributed by atoms with van der Waals surface area (Å²) in [5.41, 5.74) is 1.41. The number of hydrogen-bond donors (Lipinski definition) is 0. The van der Waals surface area contributed by atoms with Gasteiger partial charge in [0, 0.05) is 5.02 Å². The van der Waals surface area contributed by atoms with Crippen LogP contribution in [-0.4, -0.2) is 23.5 Å². The predicted molar refractivity (Wildman–Crippen MR) is 92.4 cm³/mol. The van der Waals surface area contributed by atoms with E-state index in [1.807, 2.05) is 24.3 Å². The first-order chi connectivity index (χ1) is 11.1. The molecule has 2 aromatic carbocycles. The summed E-state index contributed by atoms with van der Waals surface area (Å²) in [4.78, 5) is 26.1. The maximum atomic E-state index is 12.6. The molecule has 3 rings (SSSR count). The molecule has 6 heteroatoms. The molecule has 0 aliphatic carbocycles. The van der Waals surface area contributed by atoms with Gasteiger partial charge < -0.3 is 4.74 Å². The van der Waals surface area contributed by atoms with Crippen molar-refractivity contribution in [2.75, 3.05) is 12.0 Å². The van der Waals surface area contributed by atoms with Crippen LogP contribution in [0, 0.1) is 0 Å². The van der Waals surface area contributed by atoms with E-state index in [1.54, 1.807) is 31.4 Å². The Bertz CT molecular complexity index is 765. The largest absolute Gasteiger partial charge is 0.496 e. The summed E-state index contributed by atoms with van der Waals surface area (Å²) in [6.07, 6.45) is 0.441. The first kappa shape index (κ1) is 15.9. The third kappa shape index (κ3) is 3.21. The lowest BCUT2D eigenvalue weighted by Gasteiger charge is -2.14. The van der Waals surface area contributed by atoms with Gasteiger partial charge in [-0.05, 0) is 36.2 Å². The molecule has 1 atom stereocenters. The zero-order chi connectivity index (χ0) is 16.4. The van der Waals surface area contributed by atoms with Gasteiger partial charge >= 0.3 is 0 Å². The first-order valence-corrected chi connectivity index (χ1v) is 8.28. The van der Waals surface area contributed by atoms with Crippen molar-refractivity contribution in [1.82, 2.24) is 0 Å². The quantitative estimate of drug-likeness (QED) is 0.833. The highest BCUT2D eigenvalue weighted by molar-refractivity contribution is 8.15. The molecule has 0 saturated carbocycles. The molecule has 1 saturated heterocycles. The number of halogens is 1. The second kappa shape index (κ2) is 6.64. The topological polar surface area (TPSA) is 46.6 Å². The number of amides is 2. The van der Waals surface area contributed by atoms with E-state index in [0.717, 1.165) is 23.1 Å². The van der Waals surface area contributed by atoms with Crippen molar-refractivity contribution in [2.45, 2.75) is 11.7 Å². The number of hydrogen-bond acceptors (Lipinski definition) is 4. The number of methoxy groups -OCH3 is 1. The number of anilines is 1. The summed E-state index contributed by atoms with van der Waals surface area (Å²) in [5, 5.41) is -0.253. The van der Waals surface area contributed by atoms with Crippen LogP contribution in [0.15, 0.2) is 48.5 Å². The van der Waals surface area contributed by atoms with E-state index in [-0.39, 0.29) is 11.1 Å². The standard InChI is InChI=1S/C17H14ClNO3S/c1-22-14-8-3-2-5-11(14)9-15-16(20)19(17(21)23-15)13-7-4-6-12(18)10-13/h2-8,10,15H,9H2,1H3/t15-/m1/s1. The van der Waals surface area contributed by atoms with Gasteiger partial charge in [-0.2, -0.15) is 0 Å². The van der Waals surface area contributed by atoms with Crippen molar-refractivity contribution < 1.29 is 14.3 Å². The normalized spacial score (nSPS) is 17.7. The number of carbonyl (C=O) groups is 2. The first-order valence-electron chi connectivity index (χ1n) is 7.02. The molecular formula is C17H14ClNO3S. The minimum Gasteiger partial charge on any atom is -0.496 e. The Balaban J connectivity index is 1.84. The molecule has 2 amide bonds. The lowest BCUT2D eigenvalue weighted by molar-refractivity contribution is -0.117. The van der Waals surface area contributed by atoms with Crippen LogP contribution in [-0.2, 0) is 11.2 Å². The molecule has 0 N–H and O–H groups in total. The molecule has 0 radical (unpaired) electrons. The monoisotopic (exact) mass is 347 g/mol. The Kier molecular flexibility index (Phi) is 4.59. The van der Waals surface area contributed by atoms with Gasteiger partial charge in [-0.3, -0.25) is 9.59 Å². The number of carbonyl (C=O) groups excluding carboxylic acids is 2. The van der Waals surface area contributed by atoms with E-state index in [2.05, 4.69) is 0 Å². The molecule has 0 aromatic heterocycles. The fraction of sp³-hybridized carbons (Fsp3) is 0.176. The summed E-state index contributed by atoms with van der Waals surface area (Å²) in [6.45, 7) is 0. The number of benzene rings is 2. The van der Waals surface area contributed by atoms with Gasteiger partial charge in [0.1, 0.15) is 5.75 Å². The van der Waals surface area contributed by atoms with E-state index < -0.39 is 5.25 Å². The second-order valence-corrected chi connectivity index (χ2v) is 6.63. The van der Waals surface area contributed by atoms with Crippen LogP contribution < -0.4 is 9.64 Å². The van der Waals surface area contributed by atoms with Crippen LogP contribution in [0.25, 0.3) is 0 Å². The van der Waals surface area contributed by atoms with E-state index in [0.29, 0.717) is 17.1 Å². The second-order valence-electron chi connectivity index (χ2n) is 5.04. The van der Waals surface area contributed by atoms with Gasteiger partial charge in [0.05, 0.1) is 18.0 Å². The Labute approximate surface area is 143 Å². The van der Waals surface area contributed by atoms with Crippen molar-refractivity contribution >= 4 is 40.2 Å². The van der Waals surface area contributed by atoms with Crippen molar-refractivity contribution in [3.05, 3.63) is 59.1 Å². The Morgan fingerprint density at radius 2 is 1.96 bits per heavy atom. The number of thioether (sulfide) groups is 1. The summed E-state index contributed by atoms with van der Waals surface area (Å²) >= 11 is 6.99. The van der Waals surface area contributed by atoms with E-state index in [1.165, 1.54) is 4.90 Å². The lowest BCUT2D eigenvalue weighted by atomic mass is 10.1. The van der Waals surface area contributed by atoms with Crippen LogP contribution in [0.4, 0.5) is 10.5 Å². The molecule has 1 aliphatic heterocycles. The molecule has 1 aliphatic rings. The average Bonchev–Trinajstić information content (AvgIpc) is 2.82. The molecule has 0 unspecified atom stereocenters. The fourth-order valence-electron chi connectivity index (χ4n) is 2.51. The number of para-hydroxylation sites is 1. The minimum atomic E-state index is -0.460. The number of imide groups is 1. The zero-order valence-electron chi connectivity index (χ0n) is 12.4. The molecule has 4 nitrogen and oxygen atoms in total. The van der Waals surface area contributed by atoms with Gasteiger partial charge in [-0.25, -0.2) is 4.90 Å². The van der Waals surface area contributed by atoms with Crippen LogP contribution in [0.3, 0.4) is 0 Å². The molecule has 23 heavy (non-hydrogen) atoms. The van der Waals surface area contributed by atoms with E-state index in [9.17, 15) is 9.59 Å². The van der Waals surface area contributed by atoms with E-state index >= 15 is 0 Å². The Morgan fingerprint density at radius 1 is 1.17 bits per heavy atom. The minimum absolute atomic E-state index is 0.229. The molecule has 118 valence electrons. The maximum absolute atomic E-state index is 12.6. The van der Waals surface area contributed by atoms with Crippen molar-refractivity contribution in [1.29, 1.82) is 0 Å². The highest BCUT2D eigenvalue weighted by atomic mass is 35.5. The summed E-state index contributed by atoms with van der Waals surface area (Å²) in [6, 6.07) is 14.2. The highest BCUT2D eigenvalue weighted by Gasteiger charge is 2.40. The summed E-state index contributed by atoms with van der Waals surface area (Å²) in [7, 11) is 1.59. The molecule has 1 heterocycles. The smallest absolute Gasteiger partial charge is 0.293 e. The summed E-state index contributed by atoms with van der Waals surface area (Å²) < 4.78 is 5.31. The molecule has 1 fully saturated rings. The molecule has 0 bridgehead atoms. The van der Waals surface area contributed by atoms with Crippen molar-refractivity contribution in [3.8, 4) is 5.75 Å². The number of rotatable bonds is 4. The van der Waals surface area contributed by atoms with Crippen LogP contribution in [0.1, 0.15) is 5.56 Å². The number of nitrogens with zero attached hydrogens (tertiary/aromatic N) is 1. The Morgan fingerprint density at radius 3 is 2.70 bits per heavy atom. The van der Waals surface area contributed by atoms with Crippen molar-refractivity contribution in [2.24, 2.45) is 0 Å². The molecular weight excluding hydrogens is 334 g/mol. The summed E-state index contributed by atoms with van der Waals surface area (Å²) in [5.74, 6) is 0.489. The SMILES string of the molecule is COc1ccccc1C[C@H]1SC(=O)N(c2cccc(Cl)c2)C1=O. The number of ether oxygens (including phenoxy) is 1. The van der Waals surface area contributed by atoms with Gasteiger partial charge in [-0.1, -0.05) is 47.6 Å². The highest BCUT2D eigenvalue weighted by Crippen LogP contribution is 2.35. The lowest BCUT2D eigenvalue weighted by Crippen LogP contribution is -2.32. The third-order valence-corrected chi connectivity index (χ3v) is 4.86. The van der Waals surface area contributed by atoms with Crippen LogP contribution >= 0.6 is 23.4 Å². The van der Waals surface area contributed by atoms with Crippen LogP contribution in [0.5, 0.6) is 5.75 Å². The fourth-order valence-corrected chi connectivity index (χ4v) is 3.70. The predicted octanol–water partition coefficient (Wildman–Crippen LogP) is 4.16. The molecule has 0 spiro atoms. The van der Waals surface area contributed by atoms with Gasteiger partial charge in [-0.15, -0.1) is 0 Å². The van der Waals surface area contributed by atoms with Gasteiger partial charge in [0.2, 0.25) is 5.91 Å². The third-order valence-electron chi connectivity index (χ3n) is 3.59.